The van der Waals surface area contributed by atoms with E-state index in [1.54, 1.807) is 0 Å². The second-order valence-electron chi connectivity index (χ2n) is 3.64. The van der Waals surface area contributed by atoms with Gasteiger partial charge in [0.25, 0.3) is 11.1 Å². The maximum absolute atomic E-state index is 11.6. The van der Waals surface area contributed by atoms with Crippen LogP contribution in [0, 0.1) is 0 Å². The van der Waals surface area contributed by atoms with E-state index in [9.17, 15) is 14.4 Å². The van der Waals surface area contributed by atoms with Crippen molar-refractivity contribution in [3.63, 3.8) is 0 Å². The highest BCUT2D eigenvalue weighted by atomic mass is 35.5. The zero-order valence-corrected chi connectivity index (χ0v) is 9.53. The quantitative estimate of drug-likeness (QED) is 0.457. The van der Waals surface area contributed by atoms with Crippen LogP contribution in [0.15, 0.2) is 36.4 Å². The summed E-state index contributed by atoms with van der Waals surface area (Å²) in [5.74, 6) is -0.718. The van der Waals surface area contributed by atoms with Crippen LogP contribution in [0.3, 0.4) is 0 Å². The van der Waals surface area contributed by atoms with Crippen molar-refractivity contribution in [2.75, 3.05) is 4.90 Å². The zero-order valence-electron chi connectivity index (χ0n) is 8.77. The standard InChI is InChI=1S/C12H8ClNO3/c1-7-6-10(15)14(12(7)17)9-4-2-8(3-5-9)11(13)16/h2-5H,1,6H2. The van der Waals surface area contributed by atoms with E-state index in [0.29, 0.717) is 11.3 Å². The fourth-order valence-corrected chi connectivity index (χ4v) is 1.74. The van der Waals surface area contributed by atoms with Crippen LogP contribution >= 0.6 is 11.6 Å². The summed E-state index contributed by atoms with van der Waals surface area (Å²) >= 11 is 5.30. The first-order valence-electron chi connectivity index (χ1n) is 4.85. The maximum atomic E-state index is 11.6. The Balaban J connectivity index is 2.35. The van der Waals surface area contributed by atoms with E-state index in [0.717, 1.165) is 4.90 Å². The molecule has 1 aliphatic heterocycles. The van der Waals surface area contributed by atoms with Gasteiger partial charge in [-0.1, -0.05) is 6.58 Å². The van der Waals surface area contributed by atoms with Crippen LogP contribution in [0.1, 0.15) is 16.8 Å². The van der Waals surface area contributed by atoms with Gasteiger partial charge in [-0.3, -0.25) is 14.4 Å². The van der Waals surface area contributed by atoms with E-state index in [2.05, 4.69) is 6.58 Å². The molecular weight excluding hydrogens is 242 g/mol. The molecule has 1 aromatic rings. The summed E-state index contributed by atoms with van der Waals surface area (Å²) in [5, 5.41) is -0.583. The zero-order chi connectivity index (χ0) is 12.6. The molecule has 0 aromatic heterocycles. The molecule has 0 aliphatic carbocycles. The van der Waals surface area contributed by atoms with E-state index in [1.807, 2.05) is 0 Å². The number of carbonyl (C=O) groups excluding carboxylic acids is 3. The van der Waals surface area contributed by atoms with Gasteiger partial charge in [0.15, 0.2) is 0 Å². The molecule has 0 N–H and O–H groups in total. The minimum Gasteiger partial charge on any atom is -0.276 e. The molecule has 4 nitrogen and oxygen atoms in total. The van der Waals surface area contributed by atoms with E-state index < -0.39 is 11.1 Å². The SMILES string of the molecule is C=C1CC(=O)N(c2ccc(C(=O)Cl)cc2)C1=O. The van der Waals surface area contributed by atoms with Gasteiger partial charge in [0, 0.05) is 11.1 Å². The van der Waals surface area contributed by atoms with Gasteiger partial charge in [0.05, 0.1) is 12.1 Å². The summed E-state index contributed by atoms with van der Waals surface area (Å²) in [5.41, 5.74) is 1.00. The van der Waals surface area contributed by atoms with Crippen molar-refractivity contribution in [2.45, 2.75) is 6.42 Å². The minimum atomic E-state index is -0.583. The van der Waals surface area contributed by atoms with Gasteiger partial charge in [-0.2, -0.15) is 0 Å². The lowest BCUT2D eigenvalue weighted by molar-refractivity contribution is -0.120. The van der Waals surface area contributed by atoms with Crippen molar-refractivity contribution in [2.24, 2.45) is 0 Å². The molecule has 0 unspecified atom stereocenters. The Morgan fingerprint density at radius 2 is 1.82 bits per heavy atom. The molecule has 5 heteroatoms. The first-order valence-corrected chi connectivity index (χ1v) is 5.23. The van der Waals surface area contributed by atoms with Gasteiger partial charge >= 0.3 is 0 Å². The molecule has 2 rings (SSSR count). The van der Waals surface area contributed by atoms with Crippen LogP contribution in [-0.4, -0.2) is 17.1 Å². The van der Waals surface area contributed by atoms with Crippen LogP contribution in [0.4, 0.5) is 5.69 Å². The van der Waals surface area contributed by atoms with Crippen LogP contribution in [0.5, 0.6) is 0 Å². The molecule has 0 bridgehead atoms. The monoisotopic (exact) mass is 249 g/mol. The Morgan fingerprint density at radius 1 is 1.24 bits per heavy atom. The summed E-state index contributed by atoms with van der Waals surface area (Å²) in [6.07, 6.45) is 0.0367. The highest BCUT2D eigenvalue weighted by Crippen LogP contribution is 2.25. The van der Waals surface area contributed by atoms with Gasteiger partial charge in [-0.25, -0.2) is 4.90 Å². The molecule has 0 saturated carbocycles. The number of imide groups is 1. The lowest BCUT2D eigenvalue weighted by Crippen LogP contribution is -2.28. The molecule has 1 saturated heterocycles. The van der Waals surface area contributed by atoms with Crippen molar-refractivity contribution >= 4 is 34.3 Å². The van der Waals surface area contributed by atoms with E-state index in [-0.39, 0.29) is 17.9 Å². The number of anilines is 1. The number of amides is 2. The van der Waals surface area contributed by atoms with Crippen molar-refractivity contribution in [1.82, 2.24) is 0 Å². The van der Waals surface area contributed by atoms with Gasteiger partial charge in [-0.05, 0) is 35.9 Å². The molecule has 0 radical (unpaired) electrons. The fraction of sp³-hybridized carbons (Fsp3) is 0.0833. The predicted octanol–water partition coefficient (Wildman–Crippen LogP) is 1.89. The Hall–Kier alpha value is -1.94. The summed E-state index contributed by atoms with van der Waals surface area (Å²) in [6.45, 7) is 3.52. The third kappa shape index (κ3) is 1.99. The van der Waals surface area contributed by atoms with Crippen molar-refractivity contribution in [3.05, 3.63) is 42.0 Å². The summed E-state index contributed by atoms with van der Waals surface area (Å²) in [6, 6.07) is 5.94. The third-order valence-corrected chi connectivity index (χ3v) is 2.69. The lowest BCUT2D eigenvalue weighted by Gasteiger charge is -2.13. The third-order valence-electron chi connectivity index (χ3n) is 2.47. The highest BCUT2D eigenvalue weighted by Gasteiger charge is 2.33. The molecule has 1 heterocycles. The second kappa shape index (κ2) is 4.14. The molecule has 0 spiro atoms. The maximum Gasteiger partial charge on any atom is 0.260 e. The second-order valence-corrected chi connectivity index (χ2v) is 3.98. The average Bonchev–Trinajstić information content (AvgIpc) is 2.53. The molecular formula is C12H8ClNO3. The average molecular weight is 250 g/mol. The lowest BCUT2D eigenvalue weighted by atomic mass is 10.2. The number of nitrogens with zero attached hydrogens (tertiary/aromatic N) is 1. The van der Waals surface area contributed by atoms with Gasteiger partial charge < -0.3 is 0 Å². The van der Waals surface area contributed by atoms with Gasteiger partial charge in [0.2, 0.25) is 5.91 Å². The molecule has 1 aromatic carbocycles. The fourth-order valence-electron chi connectivity index (χ4n) is 1.61. The minimum absolute atomic E-state index is 0.0367. The Morgan fingerprint density at radius 3 is 2.24 bits per heavy atom. The molecule has 86 valence electrons. The molecule has 1 aliphatic rings. The number of carbonyl (C=O) groups is 3. The van der Waals surface area contributed by atoms with E-state index >= 15 is 0 Å². The molecule has 1 fully saturated rings. The van der Waals surface area contributed by atoms with E-state index in [1.165, 1.54) is 24.3 Å². The Labute approximate surface area is 102 Å². The Bertz CT molecular complexity index is 533. The van der Waals surface area contributed by atoms with Crippen molar-refractivity contribution in [1.29, 1.82) is 0 Å². The smallest absolute Gasteiger partial charge is 0.260 e. The number of rotatable bonds is 2. The largest absolute Gasteiger partial charge is 0.276 e. The van der Waals surface area contributed by atoms with Gasteiger partial charge in [0.1, 0.15) is 0 Å². The topological polar surface area (TPSA) is 54.5 Å². The first kappa shape index (κ1) is 11.5. The van der Waals surface area contributed by atoms with Crippen LogP contribution in [0.25, 0.3) is 0 Å². The van der Waals surface area contributed by atoms with Gasteiger partial charge in [-0.15, -0.1) is 0 Å². The number of hydrogen-bond acceptors (Lipinski definition) is 3. The normalized spacial score (nSPS) is 15.6. The summed E-state index contributed by atoms with van der Waals surface area (Å²) < 4.78 is 0. The first-order chi connectivity index (χ1) is 8.00. The van der Waals surface area contributed by atoms with Crippen molar-refractivity contribution < 1.29 is 14.4 Å². The van der Waals surface area contributed by atoms with Crippen LogP contribution in [0.2, 0.25) is 0 Å². The highest BCUT2D eigenvalue weighted by molar-refractivity contribution is 6.67. The number of benzene rings is 1. The predicted molar refractivity (Wildman–Crippen MR) is 62.9 cm³/mol. The van der Waals surface area contributed by atoms with E-state index in [4.69, 9.17) is 11.6 Å². The number of hydrogen-bond donors (Lipinski definition) is 0. The summed E-state index contributed by atoms with van der Waals surface area (Å²) in [4.78, 5) is 35.1. The molecule has 2 amide bonds. The number of halogens is 1. The van der Waals surface area contributed by atoms with Crippen LogP contribution in [-0.2, 0) is 9.59 Å². The summed E-state index contributed by atoms with van der Waals surface area (Å²) in [7, 11) is 0. The van der Waals surface area contributed by atoms with Crippen molar-refractivity contribution in [3.8, 4) is 0 Å². The molecule has 17 heavy (non-hydrogen) atoms. The Kier molecular flexibility index (Phi) is 2.81. The molecule has 0 atom stereocenters. The van der Waals surface area contributed by atoms with Crippen LogP contribution < -0.4 is 4.90 Å².